The number of sulfonamides is 1. The van der Waals surface area contributed by atoms with Crippen LogP contribution in [-0.2, 0) is 10.0 Å². The summed E-state index contributed by atoms with van der Waals surface area (Å²) in [7, 11) is -3.34. The summed E-state index contributed by atoms with van der Waals surface area (Å²) in [5, 5.41) is 13.9. The molecule has 2 N–H and O–H groups in total. The maximum absolute atomic E-state index is 11.2. The largest absolute Gasteiger partial charge is 0.378 e. The molecule has 0 fully saturated rings. The molecule has 0 aromatic heterocycles. The van der Waals surface area contributed by atoms with Crippen LogP contribution in [-0.4, -0.2) is 31.7 Å². The highest BCUT2D eigenvalue weighted by atomic mass is 127. The Morgan fingerprint density at radius 3 is 2.50 bits per heavy atom. The van der Waals surface area contributed by atoms with Crippen molar-refractivity contribution in [1.82, 2.24) is 4.72 Å². The van der Waals surface area contributed by atoms with Crippen molar-refractivity contribution in [2.75, 3.05) is 18.1 Å². The first-order valence-corrected chi connectivity index (χ1v) is 8.64. The number of benzene rings is 1. The smallest absolute Gasteiger partial charge is 0.293 e. The molecule has 0 aliphatic carbocycles. The van der Waals surface area contributed by atoms with Gasteiger partial charge in [-0.05, 0) is 48.6 Å². The van der Waals surface area contributed by atoms with Crippen molar-refractivity contribution in [1.29, 1.82) is 0 Å². The van der Waals surface area contributed by atoms with E-state index in [0.29, 0.717) is 5.69 Å². The molecule has 0 atom stereocenters. The average Bonchev–Trinajstić information content (AvgIpc) is 2.23. The first kappa shape index (κ1) is 17.1. The topological polar surface area (TPSA) is 101 Å². The molecule has 20 heavy (non-hydrogen) atoms. The van der Waals surface area contributed by atoms with Gasteiger partial charge in [-0.15, -0.1) is 0 Å². The third kappa shape index (κ3) is 5.59. The molecule has 0 unspecified atom stereocenters. The van der Waals surface area contributed by atoms with E-state index in [1.807, 2.05) is 22.6 Å². The molecule has 0 aliphatic heterocycles. The van der Waals surface area contributed by atoms with E-state index in [9.17, 15) is 18.5 Å². The summed E-state index contributed by atoms with van der Waals surface area (Å²) >= 11 is 1.99. The fourth-order valence-electron chi connectivity index (χ4n) is 1.66. The molecule has 0 bridgehead atoms. The summed E-state index contributed by atoms with van der Waals surface area (Å²) in [5.41, 5.74) is -0.435. The summed E-state index contributed by atoms with van der Waals surface area (Å²) in [6.07, 6.45) is 1.07. The lowest BCUT2D eigenvalue weighted by Gasteiger charge is -2.25. The predicted octanol–water partition coefficient (Wildman–Crippen LogP) is 1.94. The van der Waals surface area contributed by atoms with Crippen molar-refractivity contribution >= 4 is 44.0 Å². The zero-order valence-electron chi connectivity index (χ0n) is 11.3. The Balaban J connectivity index is 2.87. The van der Waals surface area contributed by atoms with Gasteiger partial charge in [-0.1, -0.05) is 0 Å². The lowest BCUT2D eigenvalue weighted by atomic mass is 10.1. The Hall–Kier alpha value is -0.940. The minimum atomic E-state index is -3.34. The van der Waals surface area contributed by atoms with Crippen LogP contribution < -0.4 is 10.0 Å². The zero-order valence-corrected chi connectivity index (χ0v) is 14.3. The lowest BCUT2D eigenvalue weighted by Crippen LogP contribution is -2.47. The van der Waals surface area contributed by atoms with Gasteiger partial charge in [0, 0.05) is 21.7 Å². The van der Waals surface area contributed by atoms with Crippen molar-refractivity contribution < 1.29 is 13.3 Å². The highest BCUT2D eigenvalue weighted by Gasteiger charge is 2.23. The number of hydrogen-bond acceptors (Lipinski definition) is 5. The predicted molar refractivity (Wildman–Crippen MR) is 86.4 cm³/mol. The average molecular weight is 413 g/mol. The summed E-state index contributed by atoms with van der Waals surface area (Å²) in [6, 6.07) is 4.81. The van der Waals surface area contributed by atoms with Gasteiger partial charge in [-0.3, -0.25) is 10.1 Å². The van der Waals surface area contributed by atoms with E-state index >= 15 is 0 Å². The maximum atomic E-state index is 11.2. The molecule has 1 aromatic rings. The molecule has 0 radical (unpaired) electrons. The van der Waals surface area contributed by atoms with Crippen LogP contribution >= 0.6 is 22.6 Å². The second kappa shape index (κ2) is 6.22. The van der Waals surface area contributed by atoms with E-state index in [1.165, 1.54) is 6.07 Å². The van der Waals surface area contributed by atoms with E-state index in [2.05, 4.69) is 10.0 Å². The number of nitrogens with zero attached hydrogens (tertiary/aromatic N) is 1. The standard InChI is InChI=1S/C11H16IN3O4S/c1-11(2,14-20(3,18)19)7-13-9-5-4-8(12)6-10(9)15(16)17/h4-6,13-14H,7H2,1-3H3. The summed E-state index contributed by atoms with van der Waals surface area (Å²) < 4.78 is 25.7. The van der Waals surface area contributed by atoms with Gasteiger partial charge in [0.1, 0.15) is 5.69 Å². The van der Waals surface area contributed by atoms with Crippen LogP contribution in [0.4, 0.5) is 11.4 Å². The zero-order chi connectivity index (χ0) is 15.6. The molecule has 7 nitrogen and oxygen atoms in total. The van der Waals surface area contributed by atoms with Gasteiger partial charge in [-0.2, -0.15) is 0 Å². The Morgan fingerprint density at radius 1 is 1.40 bits per heavy atom. The van der Waals surface area contributed by atoms with Crippen molar-refractivity contribution in [3.8, 4) is 0 Å². The first-order valence-electron chi connectivity index (χ1n) is 5.67. The van der Waals surface area contributed by atoms with Gasteiger partial charge in [0.25, 0.3) is 5.69 Å². The molecule has 0 amide bonds. The van der Waals surface area contributed by atoms with Gasteiger partial charge in [-0.25, -0.2) is 13.1 Å². The quantitative estimate of drug-likeness (QED) is 0.422. The molecule has 0 saturated heterocycles. The van der Waals surface area contributed by atoms with Crippen LogP contribution in [0.15, 0.2) is 18.2 Å². The minimum Gasteiger partial charge on any atom is -0.378 e. The van der Waals surface area contributed by atoms with Gasteiger partial charge >= 0.3 is 0 Å². The third-order valence-corrected chi connectivity index (χ3v) is 3.93. The van der Waals surface area contributed by atoms with Crippen LogP contribution in [0, 0.1) is 13.7 Å². The van der Waals surface area contributed by atoms with Crippen molar-refractivity contribution in [2.45, 2.75) is 19.4 Å². The van der Waals surface area contributed by atoms with Crippen molar-refractivity contribution in [3.05, 3.63) is 31.9 Å². The first-order chi connectivity index (χ1) is 9.00. The van der Waals surface area contributed by atoms with E-state index in [4.69, 9.17) is 0 Å². The Morgan fingerprint density at radius 2 is 2.00 bits per heavy atom. The van der Waals surface area contributed by atoms with Gasteiger partial charge in [0.05, 0.1) is 11.2 Å². The normalized spacial score (nSPS) is 12.2. The van der Waals surface area contributed by atoms with Crippen LogP contribution in [0.1, 0.15) is 13.8 Å². The highest BCUT2D eigenvalue weighted by Crippen LogP contribution is 2.26. The van der Waals surface area contributed by atoms with Crippen LogP contribution in [0.3, 0.4) is 0 Å². The molecule has 9 heteroatoms. The Labute approximate surface area is 131 Å². The van der Waals surface area contributed by atoms with E-state index < -0.39 is 20.5 Å². The molecule has 0 aliphatic rings. The highest BCUT2D eigenvalue weighted by molar-refractivity contribution is 14.1. The van der Waals surface area contributed by atoms with Gasteiger partial charge in [0.15, 0.2) is 0 Å². The molecule has 1 aromatic carbocycles. The molecule has 1 rings (SSSR count). The van der Waals surface area contributed by atoms with Crippen molar-refractivity contribution in [2.24, 2.45) is 0 Å². The van der Waals surface area contributed by atoms with Gasteiger partial charge < -0.3 is 5.32 Å². The molecule has 0 saturated carbocycles. The number of nitro groups is 1. The number of nitrogens with one attached hydrogen (secondary N) is 2. The Kier molecular flexibility index (Phi) is 5.33. The number of rotatable bonds is 6. The molecule has 0 spiro atoms. The number of anilines is 1. The molecule has 0 heterocycles. The van der Waals surface area contributed by atoms with E-state index in [-0.39, 0.29) is 12.2 Å². The molecular formula is C11H16IN3O4S. The monoisotopic (exact) mass is 413 g/mol. The number of hydrogen-bond donors (Lipinski definition) is 2. The van der Waals surface area contributed by atoms with Crippen LogP contribution in [0.5, 0.6) is 0 Å². The fraction of sp³-hybridized carbons (Fsp3) is 0.455. The lowest BCUT2D eigenvalue weighted by molar-refractivity contribution is -0.384. The van der Waals surface area contributed by atoms with Crippen LogP contribution in [0.25, 0.3) is 0 Å². The number of halogens is 1. The maximum Gasteiger partial charge on any atom is 0.293 e. The Bertz CT molecular complexity index is 616. The fourth-order valence-corrected chi connectivity index (χ4v) is 3.21. The van der Waals surface area contributed by atoms with E-state index in [0.717, 1.165) is 9.83 Å². The minimum absolute atomic E-state index is 0.0351. The SMILES string of the molecule is CC(C)(CNc1ccc(I)cc1[N+](=O)[O-])NS(C)(=O)=O. The second-order valence-corrected chi connectivity index (χ2v) is 8.02. The summed E-state index contributed by atoms with van der Waals surface area (Å²) in [6.45, 7) is 3.61. The van der Waals surface area contributed by atoms with Gasteiger partial charge in [0.2, 0.25) is 10.0 Å². The van der Waals surface area contributed by atoms with E-state index in [1.54, 1.807) is 26.0 Å². The number of nitro benzene ring substituents is 1. The van der Waals surface area contributed by atoms with Crippen molar-refractivity contribution in [3.63, 3.8) is 0 Å². The van der Waals surface area contributed by atoms with Crippen LogP contribution in [0.2, 0.25) is 0 Å². The second-order valence-electron chi connectivity index (χ2n) is 5.03. The third-order valence-electron chi connectivity index (χ3n) is 2.34. The summed E-state index contributed by atoms with van der Waals surface area (Å²) in [4.78, 5) is 10.5. The molecule has 112 valence electrons. The molecular weight excluding hydrogens is 397 g/mol. The summed E-state index contributed by atoms with van der Waals surface area (Å²) in [5.74, 6) is 0.